The molecule has 9 heteroatoms. The van der Waals surface area contributed by atoms with E-state index >= 15 is 0 Å². The van der Waals surface area contributed by atoms with Gasteiger partial charge in [0.15, 0.2) is 0 Å². The number of amides is 1. The largest absolute Gasteiger partial charge is 0.433 e. The molecule has 0 bridgehead atoms. The van der Waals surface area contributed by atoms with Crippen LogP contribution in [0, 0.1) is 11.8 Å². The maximum Gasteiger partial charge on any atom is 0.387 e. The van der Waals surface area contributed by atoms with Gasteiger partial charge in [0.05, 0.1) is 10.6 Å². The number of carbonyl (C=O) groups is 1. The molecule has 1 saturated heterocycles. The molecule has 0 saturated carbocycles. The molecule has 0 radical (unpaired) electrons. The highest BCUT2D eigenvalue weighted by Gasteiger charge is 2.33. The molecule has 2 aromatic carbocycles. The van der Waals surface area contributed by atoms with Gasteiger partial charge in [-0.2, -0.15) is 13.1 Å². The summed E-state index contributed by atoms with van der Waals surface area (Å²) in [6, 6.07) is 10.8. The molecule has 1 amide bonds. The Bertz CT molecular complexity index is 1130. The molecule has 1 fully saturated rings. The summed E-state index contributed by atoms with van der Waals surface area (Å²) >= 11 is 0. The normalized spacial score (nSPS) is 21.7. The number of piperidine rings is 1. The number of sulfonamides is 1. The fourth-order valence-electron chi connectivity index (χ4n) is 4.91. The molecule has 2 aliphatic rings. The number of hydrogen-bond acceptors (Lipinski definition) is 4. The third-order valence-electron chi connectivity index (χ3n) is 6.20. The van der Waals surface area contributed by atoms with E-state index in [0.717, 1.165) is 12.0 Å². The van der Waals surface area contributed by atoms with Gasteiger partial charge in [-0.05, 0) is 60.9 Å². The highest BCUT2D eigenvalue weighted by molar-refractivity contribution is 7.89. The maximum atomic E-state index is 13.4. The predicted molar refractivity (Wildman–Crippen MR) is 121 cm³/mol. The van der Waals surface area contributed by atoms with Crippen molar-refractivity contribution in [3.8, 4) is 5.75 Å². The molecule has 33 heavy (non-hydrogen) atoms. The SMILES string of the molecule is CC1CC(C)CN(S(=O)(=O)c2cccc(C(=O)N3CCCc4cccc(OC(F)F)c43)c2)C1. The van der Waals surface area contributed by atoms with Crippen LogP contribution in [0.15, 0.2) is 47.4 Å². The van der Waals surface area contributed by atoms with Gasteiger partial charge in [-0.1, -0.05) is 32.0 Å². The Labute approximate surface area is 193 Å². The Hall–Kier alpha value is -2.52. The van der Waals surface area contributed by atoms with Crippen molar-refractivity contribution in [3.63, 3.8) is 0 Å². The molecular formula is C24H28F2N2O4S. The first-order valence-electron chi connectivity index (χ1n) is 11.2. The second-order valence-corrected chi connectivity index (χ2v) is 10.9. The lowest BCUT2D eigenvalue weighted by molar-refractivity contribution is -0.0495. The number of benzene rings is 2. The first-order valence-corrected chi connectivity index (χ1v) is 12.6. The van der Waals surface area contributed by atoms with Gasteiger partial charge < -0.3 is 9.64 Å². The van der Waals surface area contributed by atoms with Gasteiger partial charge in [0, 0.05) is 25.2 Å². The van der Waals surface area contributed by atoms with E-state index in [0.29, 0.717) is 38.2 Å². The van der Waals surface area contributed by atoms with Crippen molar-refractivity contribution in [2.24, 2.45) is 11.8 Å². The third-order valence-corrected chi connectivity index (χ3v) is 8.02. The molecule has 0 N–H and O–H groups in total. The number of rotatable bonds is 5. The maximum absolute atomic E-state index is 13.4. The number of halogens is 2. The summed E-state index contributed by atoms with van der Waals surface area (Å²) < 4.78 is 58.7. The fourth-order valence-corrected chi connectivity index (χ4v) is 6.63. The Morgan fingerprint density at radius 1 is 1.09 bits per heavy atom. The van der Waals surface area contributed by atoms with Gasteiger partial charge in [0.1, 0.15) is 5.75 Å². The van der Waals surface area contributed by atoms with E-state index in [1.165, 1.54) is 27.4 Å². The van der Waals surface area contributed by atoms with E-state index in [-0.39, 0.29) is 28.0 Å². The van der Waals surface area contributed by atoms with E-state index in [1.807, 2.05) is 13.8 Å². The minimum Gasteiger partial charge on any atom is -0.433 e. The number of carbonyl (C=O) groups excluding carboxylic acids is 1. The lowest BCUT2D eigenvalue weighted by atomic mass is 9.94. The van der Waals surface area contributed by atoms with Gasteiger partial charge in [0.25, 0.3) is 5.91 Å². The number of nitrogens with zero attached hydrogens (tertiary/aromatic N) is 2. The van der Waals surface area contributed by atoms with Gasteiger partial charge in [-0.3, -0.25) is 4.79 Å². The molecule has 2 aromatic rings. The number of alkyl halides is 2. The van der Waals surface area contributed by atoms with Crippen LogP contribution < -0.4 is 9.64 Å². The van der Waals surface area contributed by atoms with E-state index in [9.17, 15) is 22.0 Å². The summed E-state index contributed by atoms with van der Waals surface area (Å²) in [7, 11) is -3.76. The molecule has 0 aliphatic carbocycles. The third kappa shape index (κ3) is 4.89. The Balaban J connectivity index is 1.66. The Kier molecular flexibility index (Phi) is 6.72. The molecule has 2 atom stereocenters. The van der Waals surface area contributed by atoms with E-state index in [2.05, 4.69) is 4.74 Å². The average molecular weight is 479 g/mol. The predicted octanol–water partition coefficient (Wildman–Crippen LogP) is 4.55. The lowest BCUT2D eigenvalue weighted by Gasteiger charge is -2.34. The highest BCUT2D eigenvalue weighted by Crippen LogP contribution is 2.38. The molecule has 0 spiro atoms. The van der Waals surface area contributed by atoms with E-state index < -0.39 is 22.5 Å². The number of anilines is 1. The van der Waals surface area contributed by atoms with Crippen LogP contribution in [-0.2, 0) is 16.4 Å². The van der Waals surface area contributed by atoms with Crippen LogP contribution in [0.2, 0.25) is 0 Å². The molecule has 0 aromatic heterocycles. The summed E-state index contributed by atoms with van der Waals surface area (Å²) in [4.78, 5) is 14.9. The molecule has 2 aliphatic heterocycles. The van der Waals surface area contributed by atoms with Crippen LogP contribution in [0.25, 0.3) is 0 Å². The van der Waals surface area contributed by atoms with Crippen molar-refractivity contribution in [1.29, 1.82) is 0 Å². The molecule has 2 heterocycles. The van der Waals surface area contributed by atoms with Crippen LogP contribution in [0.5, 0.6) is 5.75 Å². The summed E-state index contributed by atoms with van der Waals surface area (Å²) in [6.45, 7) is 2.26. The molecule has 2 unspecified atom stereocenters. The van der Waals surface area contributed by atoms with E-state index in [4.69, 9.17) is 0 Å². The quantitative estimate of drug-likeness (QED) is 0.633. The summed E-state index contributed by atoms with van der Waals surface area (Å²) in [5.41, 5.74) is 1.25. The molecular weight excluding hydrogens is 450 g/mol. The van der Waals surface area contributed by atoms with Crippen LogP contribution >= 0.6 is 0 Å². The number of fused-ring (bicyclic) bond motifs is 1. The minimum absolute atomic E-state index is 0.0593. The monoisotopic (exact) mass is 478 g/mol. The Morgan fingerprint density at radius 3 is 2.48 bits per heavy atom. The van der Waals surface area contributed by atoms with Crippen LogP contribution in [0.3, 0.4) is 0 Å². The fraction of sp³-hybridized carbons (Fsp3) is 0.458. The van der Waals surface area contributed by atoms with Crippen molar-refractivity contribution in [1.82, 2.24) is 4.31 Å². The molecule has 178 valence electrons. The van der Waals surface area contributed by atoms with Crippen molar-refractivity contribution in [2.45, 2.75) is 44.6 Å². The number of hydrogen-bond donors (Lipinski definition) is 0. The van der Waals surface area contributed by atoms with Gasteiger partial charge in [-0.15, -0.1) is 0 Å². The summed E-state index contributed by atoms with van der Waals surface area (Å²) in [6.07, 6.45) is 2.28. The summed E-state index contributed by atoms with van der Waals surface area (Å²) in [5.74, 6) is 0.00667. The first kappa shape index (κ1) is 23.6. The van der Waals surface area contributed by atoms with Crippen LogP contribution in [0.1, 0.15) is 42.6 Å². The molecule has 6 nitrogen and oxygen atoms in total. The summed E-state index contributed by atoms with van der Waals surface area (Å²) in [5, 5.41) is 0. The highest BCUT2D eigenvalue weighted by atomic mass is 32.2. The standard InChI is InChI=1S/C24H28F2N2O4S/c1-16-12-17(2)15-27(14-16)33(30,31)20-9-3-7-19(13-20)23(29)28-11-5-8-18-6-4-10-21(22(18)28)32-24(25)26/h3-4,6-7,9-10,13,16-17,24H,5,8,11-12,14-15H2,1-2H3. The zero-order chi connectivity index (χ0) is 23.8. The average Bonchev–Trinajstić information content (AvgIpc) is 2.77. The topological polar surface area (TPSA) is 66.9 Å². The van der Waals surface area contributed by atoms with Crippen molar-refractivity contribution >= 4 is 21.6 Å². The van der Waals surface area contributed by atoms with E-state index in [1.54, 1.807) is 24.3 Å². The Morgan fingerprint density at radius 2 is 1.79 bits per heavy atom. The van der Waals surface area contributed by atoms with Gasteiger partial charge in [0.2, 0.25) is 10.0 Å². The van der Waals surface area contributed by atoms with Crippen molar-refractivity contribution in [3.05, 3.63) is 53.6 Å². The molecule has 4 rings (SSSR count). The zero-order valence-electron chi connectivity index (χ0n) is 18.7. The van der Waals surface area contributed by atoms with Crippen LogP contribution in [0.4, 0.5) is 14.5 Å². The second-order valence-electron chi connectivity index (χ2n) is 9.00. The zero-order valence-corrected chi connectivity index (χ0v) is 19.5. The lowest BCUT2D eigenvalue weighted by Crippen LogP contribution is -2.42. The number of ether oxygens (including phenoxy) is 1. The van der Waals surface area contributed by atoms with Gasteiger partial charge >= 0.3 is 6.61 Å². The van der Waals surface area contributed by atoms with Crippen molar-refractivity contribution < 1.29 is 26.7 Å². The number of aryl methyl sites for hydroxylation is 1. The smallest absolute Gasteiger partial charge is 0.387 e. The second kappa shape index (κ2) is 9.38. The van der Waals surface area contributed by atoms with Crippen molar-refractivity contribution in [2.75, 3.05) is 24.5 Å². The van der Waals surface area contributed by atoms with Gasteiger partial charge in [-0.25, -0.2) is 8.42 Å². The first-order chi connectivity index (χ1) is 15.7. The van der Waals surface area contributed by atoms with Crippen LogP contribution in [-0.4, -0.2) is 44.9 Å². The number of para-hydroxylation sites is 1. The minimum atomic E-state index is -3.76.